The molecule has 0 aromatic carbocycles. The van der Waals surface area contributed by atoms with Crippen molar-refractivity contribution in [3.63, 3.8) is 0 Å². The van der Waals surface area contributed by atoms with Crippen molar-refractivity contribution in [2.75, 3.05) is 19.8 Å². The van der Waals surface area contributed by atoms with Crippen LogP contribution in [0.2, 0.25) is 0 Å². The molecule has 2 N–H and O–H groups in total. The SMILES string of the molecule is CCOCCCOc1ccc(CC(N)CC)nc1. The molecule has 1 heterocycles. The van der Waals surface area contributed by atoms with Crippen LogP contribution in [-0.2, 0) is 11.2 Å². The van der Waals surface area contributed by atoms with E-state index in [1.165, 1.54) is 0 Å². The molecule has 0 bridgehead atoms. The maximum absolute atomic E-state index is 5.88. The van der Waals surface area contributed by atoms with Crippen molar-refractivity contribution in [2.45, 2.75) is 39.2 Å². The van der Waals surface area contributed by atoms with E-state index in [-0.39, 0.29) is 6.04 Å². The Labute approximate surface area is 110 Å². The van der Waals surface area contributed by atoms with Gasteiger partial charge < -0.3 is 15.2 Å². The van der Waals surface area contributed by atoms with Crippen LogP contribution in [0.5, 0.6) is 5.75 Å². The van der Waals surface area contributed by atoms with Gasteiger partial charge in [-0.1, -0.05) is 6.92 Å². The van der Waals surface area contributed by atoms with Gasteiger partial charge in [-0.25, -0.2) is 0 Å². The number of hydrogen-bond donors (Lipinski definition) is 1. The van der Waals surface area contributed by atoms with Crippen LogP contribution in [0.4, 0.5) is 0 Å². The van der Waals surface area contributed by atoms with Gasteiger partial charge in [-0.15, -0.1) is 0 Å². The number of rotatable bonds is 9. The lowest BCUT2D eigenvalue weighted by molar-refractivity contribution is 0.131. The summed E-state index contributed by atoms with van der Waals surface area (Å²) in [5.74, 6) is 0.806. The van der Waals surface area contributed by atoms with Crippen molar-refractivity contribution < 1.29 is 9.47 Å². The van der Waals surface area contributed by atoms with Crippen LogP contribution in [0.25, 0.3) is 0 Å². The third kappa shape index (κ3) is 5.98. The number of aromatic nitrogens is 1. The highest BCUT2D eigenvalue weighted by molar-refractivity contribution is 5.20. The van der Waals surface area contributed by atoms with Crippen LogP contribution in [0, 0.1) is 0 Å². The van der Waals surface area contributed by atoms with E-state index >= 15 is 0 Å². The Morgan fingerprint density at radius 2 is 2.11 bits per heavy atom. The Morgan fingerprint density at radius 3 is 2.72 bits per heavy atom. The zero-order valence-corrected chi connectivity index (χ0v) is 11.4. The quantitative estimate of drug-likeness (QED) is 0.684. The summed E-state index contributed by atoms with van der Waals surface area (Å²) in [6.07, 6.45) is 4.45. The molecule has 0 aliphatic carbocycles. The van der Waals surface area contributed by atoms with Crippen LogP contribution in [0.3, 0.4) is 0 Å². The number of nitrogens with two attached hydrogens (primary N) is 1. The molecule has 0 saturated carbocycles. The first-order valence-electron chi connectivity index (χ1n) is 6.67. The highest BCUT2D eigenvalue weighted by Crippen LogP contribution is 2.10. The second-order valence-electron chi connectivity index (χ2n) is 4.26. The summed E-state index contributed by atoms with van der Waals surface area (Å²) in [5.41, 5.74) is 6.90. The minimum absolute atomic E-state index is 0.190. The average molecular weight is 252 g/mol. The summed E-state index contributed by atoms with van der Waals surface area (Å²) < 4.78 is 10.8. The number of nitrogens with zero attached hydrogens (tertiary/aromatic N) is 1. The van der Waals surface area contributed by atoms with Gasteiger partial charge in [-0.05, 0) is 25.5 Å². The molecule has 1 atom stereocenters. The summed E-state index contributed by atoms with van der Waals surface area (Å²) in [6, 6.07) is 4.12. The highest BCUT2D eigenvalue weighted by Gasteiger charge is 2.03. The third-order valence-electron chi connectivity index (χ3n) is 2.70. The largest absolute Gasteiger partial charge is 0.492 e. The van der Waals surface area contributed by atoms with Crippen LogP contribution in [0.15, 0.2) is 18.3 Å². The van der Waals surface area contributed by atoms with Crippen molar-refractivity contribution in [2.24, 2.45) is 5.73 Å². The Bertz CT molecular complexity index is 314. The standard InChI is InChI=1S/C14H24N2O2/c1-3-12(15)10-13-6-7-14(11-16-13)18-9-5-8-17-4-2/h6-7,11-12H,3-5,8-10,15H2,1-2H3. The molecule has 18 heavy (non-hydrogen) atoms. The summed E-state index contributed by atoms with van der Waals surface area (Å²) in [7, 11) is 0. The predicted molar refractivity (Wildman–Crippen MR) is 72.8 cm³/mol. The molecule has 1 unspecified atom stereocenters. The summed E-state index contributed by atoms with van der Waals surface area (Å²) in [4.78, 5) is 4.35. The molecular formula is C14H24N2O2. The predicted octanol–water partition coefficient (Wildman–Crippen LogP) is 2.17. The molecule has 4 heteroatoms. The molecule has 0 amide bonds. The van der Waals surface area contributed by atoms with E-state index < -0.39 is 0 Å². The molecule has 1 aromatic heterocycles. The van der Waals surface area contributed by atoms with E-state index in [0.717, 1.165) is 43.9 Å². The van der Waals surface area contributed by atoms with Gasteiger partial charge in [0.15, 0.2) is 0 Å². The molecule has 0 radical (unpaired) electrons. The second-order valence-corrected chi connectivity index (χ2v) is 4.26. The van der Waals surface area contributed by atoms with E-state index in [9.17, 15) is 0 Å². The van der Waals surface area contributed by atoms with E-state index in [1.807, 2.05) is 19.1 Å². The maximum atomic E-state index is 5.88. The molecule has 4 nitrogen and oxygen atoms in total. The monoisotopic (exact) mass is 252 g/mol. The Hall–Kier alpha value is -1.13. The molecule has 1 rings (SSSR count). The fraction of sp³-hybridized carbons (Fsp3) is 0.643. The first-order chi connectivity index (χ1) is 8.76. The van der Waals surface area contributed by atoms with E-state index in [2.05, 4.69) is 11.9 Å². The van der Waals surface area contributed by atoms with E-state index in [0.29, 0.717) is 6.61 Å². The van der Waals surface area contributed by atoms with Crippen LogP contribution < -0.4 is 10.5 Å². The summed E-state index contributed by atoms with van der Waals surface area (Å²) in [5, 5.41) is 0. The third-order valence-corrected chi connectivity index (χ3v) is 2.70. The smallest absolute Gasteiger partial charge is 0.137 e. The molecule has 0 saturated heterocycles. The zero-order valence-electron chi connectivity index (χ0n) is 11.4. The highest BCUT2D eigenvalue weighted by atomic mass is 16.5. The molecule has 0 aliphatic heterocycles. The van der Waals surface area contributed by atoms with Gasteiger partial charge in [0.1, 0.15) is 5.75 Å². The number of hydrogen-bond acceptors (Lipinski definition) is 4. The lowest BCUT2D eigenvalue weighted by Gasteiger charge is -2.09. The van der Waals surface area contributed by atoms with Gasteiger partial charge in [-0.2, -0.15) is 0 Å². The zero-order chi connectivity index (χ0) is 13.2. The topological polar surface area (TPSA) is 57.4 Å². The van der Waals surface area contributed by atoms with Crippen molar-refractivity contribution >= 4 is 0 Å². The molecule has 0 spiro atoms. The van der Waals surface area contributed by atoms with Crippen LogP contribution >= 0.6 is 0 Å². The minimum atomic E-state index is 0.190. The number of pyridine rings is 1. The maximum Gasteiger partial charge on any atom is 0.137 e. The Kier molecular flexibility index (Phi) is 7.37. The summed E-state index contributed by atoms with van der Waals surface area (Å²) >= 11 is 0. The van der Waals surface area contributed by atoms with Crippen LogP contribution in [-0.4, -0.2) is 30.8 Å². The minimum Gasteiger partial charge on any atom is -0.492 e. The van der Waals surface area contributed by atoms with Gasteiger partial charge in [0.05, 0.1) is 12.8 Å². The molecule has 1 aromatic rings. The Morgan fingerprint density at radius 1 is 1.28 bits per heavy atom. The molecule has 0 aliphatic rings. The first-order valence-corrected chi connectivity index (χ1v) is 6.67. The van der Waals surface area contributed by atoms with Gasteiger partial charge in [0.25, 0.3) is 0 Å². The second kappa shape index (κ2) is 8.89. The lowest BCUT2D eigenvalue weighted by Crippen LogP contribution is -2.21. The fourth-order valence-electron chi connectivity index (χ4n) is 1.53. The van der Waals surface area contributed by atoms with Crippen molar-refractivity contribution in [1.29, 1.82) is 0 Å². The fourth-order valence-corrected chi connectivity index (χ4v) is 1.53. The summed E-state index contributed by atoms with van der Waals surface area (Å²) in [6.45, 7) is 6.24. The van der Waals surface area contributed by atoms with E-state index in [1.54, 1.807) is 6.20 Å². The van der Waals surface area contributed by atoms with E-state index in [4.69, 9.17) is 15.2 Å². The normalized spacial score (nSPS) is 12.4. The number of ether oxygens (including phenoxy) is 2. The first kappa shape index (κ1) is 14.9. The molecule has 0 fully saturated rings. The van der Waals surface area contributed by atoms with Crippen molar-refractivity contribution in [1.82, 2.24) is 4.98 Å². The van der Waals surface area contributed by atoms with Gasteiger partial charge >= 0.3 is 0 Å². The van der Waals surface area contributed by atoms with Crippen LogP contribution in [0.1, 0.15) is 32.4 Å². The van der Waals surface area contributed by atoms with Gasteiger partial charge in [0, 0.05) is 37.8 Å². The van der Waals surface area contributed by atoms with Gasteiger partial charge in [0.2, 0.25) is 0 Å². The van der Waals surface area contributed by atoms with Gasteiger partial charge in [-0.3, -0.25) is 4.98 Å². The molecule has 102 valence electrons. The average Bonchev–Trinajstić information content (AvgIpc) is 2.40. The molecular weight excluding hydrogens is 228 g/mol. The lowest BCUT2D eigenvalue weighted by atomic mass is 10.1. The Balaban J connectivity index is 2.27. The van der Waals surface area contributed by atoms with Crippen molar-refractivity contribution in [3.8, 4) is 5.75 Å². The van der Waals surface area contributed by atoms with Crippen molar-refractivity contribution in [3.05, 3.63) is 24.0 Å².